The summed E-state index contributed by atoms with van der Waals surface area (Å²) in [7, 11) is 0. The molecule has 0 fully saturated rings. The molecule has 0 aromatic heterocycles. The molecule has 0 saturated heterocycles. The molecule has 0 rings (SSSR count). The highest BCUT2D eigenvalue weighted by atomic mass is 16.4. The van der Waals surface area contributed by atoms with E-state index in [1.807, 2.05) is 0 Å². The van der Waals surface area contributed by atoms with Crippen molar-refractivity contribution in [3.05, 3.63) is 0 Å². The predicted molar refractivity (Wildman–Crippen MR) is 38.9 cm³/mol. The van der Waals surface area contributed by atoms with E-state index in [-0.39, 0.29) is 13.0 Å². The lowest BCUT2D eigenvalue weighted by atomic mass is 10.3. The van der Waals surface area contributed by atoms with Gasteiger partial charge in [-0.15, -0.1) is 0 Å². The summed E-state index contributed by atoms with van der Waals surface area (Å²) in [5.41, 5.74) is 4.82. The van der Waals surface area contributed by atoms with Gasteiger partial charge in [0.1, 0.15) is 0 Å². The molecular weight excluding hydrogens is 148 g/mol. The van der Waals surface area contributed by atoms with E-state index in [0.29, 0.717) is 13.0 Å². The van der Waals surface area contributed by atoms with Gasteiger partial charge in [0.15, 0.2) is 0 Å². The van der Waals surface area contributed by atoms with Crippen LogP contribution in [0.15, 0.2) is 0 Å². The number of aliphatic carboxylic acids is 1. The van der Waals surface area contributed by atoms with Crippen molar-refractivity contribution in [2.45, 2.75) is 12.8 Å². The van der Waals surface area contributed by atoms with Gasteiger partial charge in [-0.25, -0.2) is 0 Å². The lowest BCUT2D eigenvalue weighted by Crippen LogP contribution is -2.29. The van der Waals surface area contributed by atoms with E-state index in [4.69, 9.17) is 10.8 Å². The van der Waals surface area contributed by atoms with Gasteiger partial charge in [0, 0.05) is 6.42 Å². The van der Waals surface area contributed by atoms with Crippen LogP contribution in [-0.2, 0) is 9.59 Å². The van der Waals surface area contributed by atoms with Crippen LogP contribution in [0.4, 0.5) is 0 Å². The molecule has 64 valence electrons. The largest absolute Gasteiger partial charge is 0.481 e. The third-order valence-corrected chi connectivity index (χ3v) is 1.04. The number of carbonyl (C=O) groups is 2. The molecule has 0 aliphatic carbocycles. The summed E-state index contributed by atoms with van der Waals surface area (Å²) in [6.07, 6.45) is 0.633. The van der Waals surface area contributed by atoms with Crippen molar-refractivity contribution >= 4 is 11.9 Å². The van der Waals surface area contributed by atoms with E-state index >= 15 is 0 Å². The molecule has 0 aliphatic rings. The summed E-state index contributed by atoms with van der Waals surface area (Å²) < 4.78 is 0. The zero-order valence-electron chi connectivity index (χ0n) is 6.17. The molecule has 0 spiro atoms. The summed E-state index contributed by atoms with van der Waals surface area (Å²) >= 11 is 0. The van der Waals surface area contributed by atoms with Gasteiger partial charge >= 0.3 is 5.97 Å². The highest BCUT2D eigenvalue weighted by molar-refractivity contribution is 5.75. The normalized spacial score (nSPS) is 9.45. The first kappa shape index (κ1) is 9.90. The summed E-state index contributed by atoms with van der Waals surface area (Å²) in [6.45, 7) is 0.620. The van der Waals surface area contributed by atoms with Crippen LogP contribution in [0.5, 0.6) is 0 Å². The average Bonchev–Trinajstić information content (AvgIpc) is 1.85. The first-order chi connectivity index (χ1) is 5.13. The number of hydrogen-bond acceptors (Lipinski definition) is 3. The Balaban J connectivity index is 3.03. The number of carboxylic acid groups (broad SMARTS) is 1. The van der Waals surface area contributed by atoms with Crippen molar-refractivity contribution in [1.29, 1.82) is 0 Å². The van der Waals surface area contributed by atoms with Crippen LogP contribution in [0, 0.1) is 0 Å². The topological polar surface area (TPSA) is 92.4 Å². The molecule has 0 radical (unpaired) electrons. The number of hydrogen-bond donors (Lipinski definition) is 3. The predicted octanol–water partition coefficient (Wildman–Crippen LogP) is -1.07. The molecule has 1 amide bonds. The maximum absolute atomic E-state index is 10.1. The second-order valence-corrected chi connectivity index (χ2v) is 2.14. The lowest BCUT2D eigenvalue weighted by molar-refractivity contribution is -0.137. The van der Waals surface area contributed by atoms with Gasteiger partial charge in [0.05, 0.1) is 6.54 Å². The quantitative estimate of drug-likeness (QED) is 0.431. The third kappa shape index (κ3) is 8.90. The Bertz CT molecular complexity index is 131. The molecule has 0 unspecified atom stereocenters. The molecule has 0 aromatic carbocycles. The maximum atomic E-state index is 10.1. The lowest BCUT2D eigenvalue weighted by Gasteiger charge is -1.98. The van der Waals surface area contributed by atoms with Gasteiger partial charge in [-0.2, -0.15) is 0 Å². The van der Waals surface area contributed by atoms with Gasteiger partial charge in [-0.3, -0.25) is 9.59 Å². The Hall–Kier alpha value is -1.10. The van der Waals surface area contributed by atoms with Gasteiger partial charge < -0.3 is 16.2 Å². The molecule has 0 saturated carbocycles. The molecular formula is C6H12N2O3. The number of nitrogens with one attached hydrogen (secondary N) is 1. The third-order valence-electron chi connectivity index (χ3n) is 1.04. The molecule has 4 N–H and O–H groups in total. The molecule has 5 nitrogen and oxygen atoms in total. The van der Waals surface area contributed by atoms with E-state index < -0.39 is 11.9 Å². The minimum atomic E-state index is -0.828. The first-order valence-corrected chi connectivity index (χ1v) is 3.33. The van der Waals surface area contributed by atoms with E-state index in [9.17, 15) is 9.59 Å². The minimum absolute atomic E-state index is 0.111. The van der Waals surface area contributed by atoms with Crippen molar-refractivity contribution in [3.63, 3.8) is 0 Å². The minimum Gasteiger partial charge on any atom is -0.481 e. The van der Waals surface area contributed by atoms with Crippen LogP contribution < -0.4 is 11.1 Å². The van der Waals surface area contributed by atoms with Gasteiger partial charge in [-0.1, -0.05) is 0 Å². The smallest absolute Gasteiger partial charge is 0.303 e. The number of carboxylic acids is 1. The van der Waals surface area contributed by atoms with Crippen LogP contribution in [0.25, 0.3) is 0 Å². The highest BCUT2D eigenvalue weighted by Gasteiger charge is 1.96. The maximum Gasteiger partial charge on any atom is 0.303 e. The Kier molecular flexibility index (Phi) is 5.10. The zero-order chi connectivity index (χ0) is 8.69. The SMILES string of the molecule is NC(=O)CNCCCC(=O)O. The average molecular weight is 160 g/mol. The molecule has 0 atom stereocenters. The number of amides is 1. The fourth-order valence-electron chi connectivity index (χ4n) is 0.576. The van der Waals surface area contributed by atoms with Crippen LogP contribution in [0.1, 0.15) is 12.8 Å². The second-order valence-electron chi connectivity index (χ2n) is 2.14. The second kappa shape index (κ2) is 5.67. The molecule has 5 heteroatoms. The van der Waals surface area contributed by atoms with Gasteiger partial charge in [0.25, 0.3) is 0 Å². The fourth-order valence-corrected chi connectivity index (χ4v) is 0.576. The molecule has 0 aromatic rings. The number of nitrogens with two attached hydrogens (primary N) is 1. The van der Waals surface area contributed by atoms with E-state index in [0.717, 1.165) is 0 Å². The zero-order valence-corrected chi connectivity index (χ0v) is 6.17. The summed E-state index contributed by atoms with van der Waals surface area (Å²) in [5, 5.41) is 10.9. The van der Waals surface area contributed by atoms with Crippen LogP contribution in [-0.4, -0.2) is 30.1 Å². The number of primary amides is 1. The molecule has 0 bridgehead atoms. The van der Waals surface area contributed by atoms with Gasteiger partial charge in [-0.05, 0) is 13.0 Å². The standard InChI is InChI=1S/C6H12N2O3/c7-5(9)4-8-3-1-2-6(10)11/h8H,1-4H2,(H2,7,9)(H,10,11). The first-order valence-electron chi connectivity index (χ1n) is 3.33. The molecule has 11 heavy (non-hydrogen) atoms. The van der Waals surface area contributed by atoms with Crippen molar-refractivity contribution in [2.75, 3.05) is 13.1 Å². The van der Waals surface area contributed by atoms with E-state index in [2.05, 4.69) is 5.32 Å². The Morgan fingerprint density at radius 2 is 2.09 bits per heavy atom. The van der Waals surface area contributed by atoms with E-state index in [1.165, 1.54) is 0 Å². The van der Waals surface area contributed by atoms with Crippen LogP contribution in [0.2, 0.25) is 0 Å². The Morgan fingerprint density at radius 3 is 2.55 bits per heavy atom. The van der Waals surface area contributed by atoms with Crippen LogP contribution in [0.3, 0.4) is 0 Å². The molecule has 0 aliphatic heterocycles. The number of rotatable bonds is 6. The summed E-state index contributed by atoms with van der Waals surface area (Å²) in [4.78, 5) is 20.1. The van der Waals surface area contributed by atoms with Crippen molar-refractivity contribution in [2.24, 2.45) is 5.73 Å². The Morgan fingerprint density at radius 1 is 1.45 bits per heavy atom. The number of carbonyl (C=O) groups excluding carboxylic acids is 1. The van der Waals surface area contributed by atoms with Crippen molar-refractivity contribution < 1.29 is 14.7 Å². The monoisotopic (exact) mass is 160 g/mol. The van der Waals surface area contributed by atoms with Gasteiger partial charge in [0.2, 0.25) is 5.91 Å². The Labute approximate surface area is 64.6 Å². The van der Waals surface area contributed by atoms with Crippen molar-refractivity contribution in [3.8, 4) is 0 Å². The van der Waals surface area contributed by atoms with Crippen LogP contribution >= 0.6 is 0 Å². The van der Waals surface area contributed by atoms with E-state index in [1.54, 1.807) is 0 Å². The molecule has 0 heterocycles. The fraction of sp³-hybridized carbons (Fsp3) is 0.667. The summed E-state index contributed by atoms with van der Waals surface area (Å²) in [5.74, 6) is -1.26. The highest BCUT2D eigenvalue weighted by Crippen LogP contribution is 1.84. The van der Waals surface area contributed by atoms with Crippen molar-refractivity contribution in [1.82, 2.24) is 5.32 Å². The summed E-state index contributed by atoms with van der Waals surface area (Å²) in [6, 6.07) is 0.